The van der Waals surface area contributed by atoms with Gasteiger partial charge < -0.3 is 0 Å². The van der Waals surface area contributed by atoms with E-state index in [1.807, 2.05) is 0 Å². The first-order chi connectivity index (χ1) is 15.4. The van der Waals surface area contributed by atoms with Gasteiger partial charge in [-0.3, -0.25) is 9.54 Å². The molecular weight excluding hydrogens is 489 g/mol. The molecule has 4 aromatic rings. The van der Waals surface area contributed by atoms with Gasteiger partial charge in [-0.15, -0.1) is 11.3 Å². The maximum atomic E-state index is 13.6. The molecule has 3 aromatic heterocycles. The number of aromatic nitrogens is 3. The summed E-state index contributed by atoms with van der Waals surface area (Å²) in [5.41, 5.74) is -1.36. The van der Waals surface area contributed by atoms with Crippen molar-refractivity contribution >= 4 is 21.5 Å². The molecular formula is C20H10F5N3O3S2. The second-order valence-electron chi connectivity index (χ2n) is 6.61. The second kappa shape index (κ2) is 8.24. The number of thiophene rings is 1. The molecule has 0 fully saturated rings. The van der Waals surface area contributed by atoms with E-state index < -0.39 is 33.6 Å². The molecule has 0 bridgehead atoms. The van der Waals surface area contributed by atoms with Crippen molar-refractivity contribution in [2.45, 2.75) is 10.4 Å². The van der Waals surface area contributed by atoms with Crippen LogP contribution in [0.2, 0.25) is 0 Å². The number of hydrogen-bond acceptors (Lipinski definition) is 6. The third-order valence-corrected chi connectivity index (χ3v) is 6.77. The van der Waals surface area contributed by atoms with Crippen molar-refractivity contribution in [3.8, 4) is 33.2 Å². The fourth-order valence-corrected chi connectivity index (χ4v) is 4.46. The van der Waals surface area contributed by atoms with Crippen LogP contribution in [0.4, 0.5) is 22.0 Å². The third kappa shape index (κ3) is 4.89. The van der Waals surface area contributed by atoms with Crippen LogP contribution in [0.25, 0.3) is 33.2 Å². The number of alkyl halides is 3. The van der Waals surface area contributed by atoms with Gasteiger partial charge in [0.2, 0.25) is 0 Å². The predicted octanol–water partition coefficient (Wildman–Crippen LogP) is 5.48. The van der Waals surface area contributed by atoms with E-state index in [9.17, 15) is 30.4 Å². The van der Waals surface area contributed by atoms with Crippen LogP contribution in [0.3, 0.4) is 0 Å². The molecule has 0 saturated carbocycles. The highest BCUT2D eigenvalue weighted by Gasteiger charge is 2.34. The summed E-state index contributed by atoms with van der Waals surface area (Å²) < 4.78 is 98.7. The Morgan fingerprint density at radius 3 is 2.24 bits per heavy atom. The van der Waals surface area contributed by atoms with Gasteiger partial charge in [-0.05, 0) is 48.5 Å². The molecule has 0 saturated heterocycles. The van der Waals surface area contributed by atoms with Crippen LogP contribution in [-0.2, 0) is 16.3 Å². The van der Waals surface area contributed by atoms with Gasteiger partial charge in [0.05, 0.1) is 16.3 Å². The highest BCUT2D eigenvalue weighted by atomic mass is 32.3. The van der Waals surface area contributed by atoms with Gasteiger partial charge >= 0.3 is 16.3 Å². The number of rotatable bonds is 4. The largest absolute Gasteiger partial charge is 0.433 e. The van der Waals surface area contributed by atoms with Crippen molar-refractivity contribution in [1.82, 2.24) is 15.0 Å². The van der Waals surface area contributed by atoms with Gasteiger partial charge in [0.1, 0.15) is 9.90 Å². The van der Waals surface area contributed by atoms with Crippen LogP contribution in [0.5, 0.6) is 0 Å². The lowest BCUT2D eigenvalue weighted by atomic mass is 10.1. The molecule has 33 heavy (non-hydrogen) atoms. The van der Waals surface area contributed by atoms with E-state index in [2.05, 4.69) is 15.0 Å². The van der Waals surface area contributed by atoms with Crippen molar-refractivity contribution in [1.29, 1.82) is 0 Å². The van der Waals surface area contributed by atoms with Gasteiger partial charge in [0, 0.05) is 17.3 Å². The van der Waals surface area contributed by atoms with Crippen molar-refractivity contribution in [3.63, 3.8) is 0 Å². The molecule has 13 heteroatoms. The highest BCUT2D eigenvalue weighted by molar-refractivity contribution is 7.88. The molecule has 0 spiro atoms. The maximum Gasteiger partial charge on any atom is 0.433 e. The summed E-state index contributed by atoms with van der Waals surface area (Å²) in [6, 6.07) is 8.41. The first-order valence-corrected chi connectivity index (χ1v) is 11.1. The molecule has 0 aliphatic rings. The Morgan fingerprint density at radius 2 is 1.61 bits per heavy atom. The molecule has 0 aliphatic heterocycles. The van der Waals surface area contributed by atoms with Crippen molar-refractivity contribution in [2.24, 2.45) is 0 Å². The van der Waals surface area contributed by atoms with E-state index in [0.29, 0.717) is 22.3 Å². The number of benzene rings is 1. The fraction of sp³-hybridized carbons (Fsp3) is 0.0500. The van der Waals surface area contributed by atoms with Gasteiger partial charge in [-0.2, -0.15) is 21.6 Å². The zero-order valence-electron chi connectivity index (χ0n) is 16.0. The van der Waals surface area contributed by atoms with E-state index in [1.54, 1.807) is 0 Å². The molecule has 6 nitrogen and oxygen atoms in total. The average Bonchev–Trinajstić information content (AvgIpc) is 3.26. The summed E-state index contributed by atoms with van der Waals surface area (Å²) in [5, 5.41) is 0. The van der Waals surface area contributed by atoms with Crippen molar-refractivity contribution in [2.75, 3.05) is 0 Å². The van der Waals surface area contributed by atoms with Crippen molar-refractivity contribution in [3.05, 3.63) is 72.1 Å². The molecule has 1 N–H and O–H groups in total. The van der Waals surface area contributed by atoms with Crippen LogP contribution < -0.4 is 0 Å². The fourth-order valence-electron chi connectivity index (χ4n) is 2.83. The Bertz CT molecular complexity index is 1470. The molecule has 0 aliphatic carbocycles. The van der Waals surface area contributed by atoms with Gasteiger partial charge in [0.25, 0.3) is 0 Å². The van der Waals surface area contributed by atoms with E-state index >= 15 is 0 Å². The monoisotopic (exact) mass is 499 g/mol. The summed E-state index contributed by atoms with van der Waals surface area (Å²) in [6.45, 7) is 0. The number of nitrogens with zero attached hydrogens (tertiary/aromatic N) is 3. The SMILES string of the molecule is O=S(=O)(O)c1ccc(-c2cc(-c3nc(-c4ccc(F)c(F)c4)cc(C(F)(F)F)n3)ccn2)s1. The molecule has 0 atom stereocenters. The third-order valence-electron chi connectivity index (χ3n) is 4.34. The lowest BCUT2D eigenvalue weighted by Crippen LogP contribution is -2.10. The molecule has 0 amide bonds. The predicted molar refractivity (Wildman–Crippen MR) is 109 cm³/mol. The first-order valence-electron chi connectivity index (χ1n) is 8.87. The van der Waals surface area contributed by atoms with Crippen LogP contribution in [0, 0.1) is 11.6 Å². The Hall–Kier alpha value is -3.29. The summed E-state index contributed by atoms with van der Waals surface area (Å²) in [5.74, 6) is -2.78. The Morgan fingerprint density at radius 1 is 0.848 bits per heavy atom. The maximum absolute atomic E-state index is 13.6. The van der Waals surface area contributed by atoms with Crippen LogP contribution in [0.15, 0.2) is 58.9 Å². The minimum absolute atomic E-state index is 0.0895. The second-order valence-corrected chi connectivity index (χ2v) is 9.34. The van der Waals surface area contributed by atoms with Crippen LogP contribution in [0.1, 0.15) is 5.69 Å². The normalized spacial score (nSPS) is 12.2. The van der Waals surface area contributed by atoms with Gasteiger partial charge in [0.15, 0.2) is 17.5 Å². The van der Waals surface area contributed by atoms with E-state index in [0.717, 1.165) is 24.3 Å². The van der Waals surface area contributed by atoms with Crippen molar-refractivity contribution < 1.29 is 34.9 Å². The molecule has 3 heterocycles. The van der Waals surface area contributed by atoms with Crippen LogP contribution in [-0.4, -0.2) is 27.9 Å². The molecule has 4 rings (SSSR count). The molecule has 0 radical (unpaired) electrons. The Labute approximate surface area is 187 Å². The zero-order valence-corrected chi connectivity index (χ0v) is 17.6. The minimum atomic E-state index is -4.85. The lowest BCUT2D eigenvalue weighted by molar-refractivity contribution is -0.141. The average molecular weight is 499 g/mol. The summed E-state index contributed by atoms with van der Waals surface area (Å²) in [6.07, 6.45) is -3.59. The summed E-state index contributed by atoms with van der Waals surface area (Å²) in [4.78, 5) is 12.0. The molecule has 0 unspecified atom stereocenters. The first kappa shape index (κ1) is 22.9. The van der Waals surface area contributed by atoms with Gasteiger partial charge in [-0.25, -0.2) is 18.7 Å². The van der Waals surface area contributed by atoms with E-state index in [1.165, 1.54) is 24.4 Å². The van der Waals surface area contributed by atoms with E-state index in [-0.39, 0.29) is 32.5 Å². The van der Waals surface area contributed by atoms with E-state index in [4.69, 9.17) is 4.55 Å². The lowest BCUT2D eigenvalue weighted by Gasteiger charge is -2.11. The number of halogens is 5. The van der Waals surface area contributed by atoms with Crippen LogP contribution >= 0.6 is 11.3 Å². The number of hydrogen-bond donors (Lipinski definition) is 1. The number of pyridine rings is 1. The summed E-state index contributed by atoms with van der Waals surface area (Å²) in [7, 11) is -4.43. The Kier molecular flexibility index (Phi) is 5.72. The molecule has 170 valence electrons. The Balaban J connectivity index is 1.84. The smallest absolute Gasteiger partial charge is 0.281 e. The topological polar surface area (TPSA) is 93.0 Å². The quantitative estimate of drug-likeness (QED) is 0.295. The standard InChI is InChI=1S/C20H10F5N3O3S2/c21-12-2-1-10(7-13(12)22)14-9-17(20(23,24)25)28-19(27-14)11-5-6-26-15(8-11)16-3-4-18(32-16)33(29,30)31/h1-9H,(H,29,30,31). The van der Waals surface area contributed by atoms with Gasteiger partial charge in [-0.1, -0.05) is 0 Å². The molecule has 1 aromatic carbocycles. The minimum Gasteiger partial charge on any atom is -0.281 e. The zero-order chi connectivity index (χ0) is 24.0. The summed E-state index contributed by atoms with van der Waals surface area (Å²) >= 11 is 0.709. The highest BCUT2D eigenvalue weighted by Crippen LogP contribution is 2.34.